The third-order valence-electron chi connectivity index (χ3n) is 3.86. The lowest BCUT2D eigenvalue weighted by molar-refractivity contribution is -0.119. The molecule has 3 aromatic rings. The maximum absolute atomic E-state index is 12.1. The molecule has 28 heavy (non-hydrogen) atoms. The van der Waals surface area contributed by atoms with Crippen LogP contribution in [0.2, 0.25) is 5.02 Å². The monoisotopic (exact) mass is 416 g/mol. The van der Waals surface area contributed by atoms with Crippen LogP contribution in [0, 0.1) is 0 Å². The minimum absolute atomic E-state index is 0.0522. The lowest BCUT2D eigenvalue weighted by atomic mass is 10.2. The molecule has 1 aromatic heterocycles. The smallest absolute Gasteiger partial charge is 0.230 e. The second-order valence-electron chi connectivity index (χ2n) is 6.33. The molecule has 0 aliphatic heterocycles. The second-order valence-corrected chi connectivity index (χ2v) is 7.68. The Hall–Kier alpha value is -2.51. The predicted molar refractivity (Wildman–Crippen MR) is 112 cm³/mol. The summed E-state index contributed by atoms with van der Waals surface area (Å²) in [6, 6.07) is 15.1. The minimum atomic E-state index is -0.0522. The highest BCUT2D eigenvalue weighted by Gasteiger charge is 2.19. The molecule has 0 aliphatic rings. The van der Waals surface area contributed by atoms with Gasteiger partial charge in [0.1, 0.15) is 5.75 Å². The molecule has 0 saturated heterocycles. The number of aromatic nitrogens is 3. The normalized spacial score (nSPS) is 10.9. The number of carbonyl (C=O) groups excluding carboxylic acids is 1. The Morgan fingerprint density at radius 1 is 1.18 bits per heavy atom. The van der Waals surface area contributed by atoms with Gasteiger partial charge in [0.15, 0.2) is 11.0 Å². The Balaban J connectivity index is 2.00. The van der Waals surface area contributed by atoms with Crippen molar-refractivity contribution in [1.82, 2.24) is 20.1 Å². The van der Waals surface area contributed by atoms with E-state index in [0.717, 1.165) is 17.0 Å². The first-order valence-electron chi connectivity index (χ1n) is 8.76. The van der Waals surface area contributed by atoms with Crippen molar-refractivity contribution in [2.45, 2.75) is 25.0 Å². The molecule has 3 rings (SSSR count). The molecule has 0 saturated carbocycles. The van der Waals surface area contributed by atoms with Crippen LogP contribution >= 0.6 is 23.4 Å². The van der Waals surface area contributed by atoms with Crippen molar-refractivity contribution in [2.75, 3.05) is 12.9 Å². The lowest BCUT2D eigenvalue weighted by Crippen LogP contribution is -2.31. The number of nitrogens with one attached hydrogen (secondary N) is 1. The SMILES string of the molecule is COc1ccc(-n2c(SCC(=O)NC(C)C)nnc2-c2ccccc2Cl)cc1. The van der Waals surface area contributed by atoms with E-state index in [0.29, 0.717) is 16.0 Å². The molecule has 0 aliphatic carbocycles. The number of halogens is 1. The van der Waals surface area contributed by atoms with Crippen molar-refractivity contribution < 1.29 is 9.53 Å². The average molecular weight is 417 g/mol. The number of rotatable bonds is 7. The standard InChI is InChI=1S/C20H21ClN4O2S/c1-13(2)22-18(26)12-28-20-24-23-19(16-6-4-5-7-17(16)21)25(20)14-8-10-15(27-3)11-9-14/h4-11,13H,12H2,1-3H3,(H,22,26). The summed E-state index contributed by atoms with van der Waals surface area (Å²) in [5, 5.41) is 12.7. The van der Waals surface area contributed by atoms with Crippen molar-refractivity contribution in [3.05, 3.63) is 53.6 Å². The number of nitrogens with zero attached hydrogens (tertiary/aromatic N) is 3. The average Bonchev–Trinajstić information content (AvgIpc) is 3.10. The van der Waals surface area contributed by atoms with Crippen molar-refractivity contribution in [2.24, 2.45) is 0 Å². The van der Waals surface area contributed by atoms with E-state index in [1.165, 1.54) is 11.8 Å². The number of thioether (sulfide) groups is 1. The minimum Gasteiger partial charge on any atom is -0.497 e. The van der Waals surface area contributed by atoms with Gasteiger partial charge in [0.25, 0.3) is 0 Å². The van der Waals surface area contributed by atoms with Gasteiger partial charge in [-0.3, -0.25) is 9.36 Å². The van der Waals surface area contributed by atoms with Crippen molar-refractivity contribution in [3.8, 4) is 22.8 Å². The molecule has 0 spiro atoms. The van der Waals surface area contributed by atoms with E-state index in [1.54, 1.807) is 7.11 Å². The molecule has 0 atom stereocenters. The summed E-state index contributed by atoms with van der Waals surface area (Å²) in [5.41, 5.74) is 1.62. The number of hydrogen-bond acceptors (Lipinski definition) is 5. The van der Waals surface area contributed by atoms with E-state index in [-0.39, 0.29) is 17.7 Å². The van der Waals surface area contributed by atoms with Gasteiger partial charge in [-0.1, -0.05) is 35.5 Å². The molecule has 146 valence electrons. The fraction of sp³-hybridized carbons (Fsp3) is 0.250. The molecule has 0 fully saturated rings. The molecule has 0 radical (unpaired) electrons. The first-order chi connectivity index (χ1) is 13.5. The number of amides is 1. The van der Waals surface area contributed by atoms with Gasteiger partial charge in [0.05, 0.1) is 17.9 Å². The largest absolute Gasteiger partial charge is 0.497 e. The van der Waals surface area contributed by atoms with Gasteiger partial charge in [0, 0.05) is 17.3 Å². The van der Waals surface area contributed by atoms with Gasteiger partial charge >= 0.3 is 0 Å². The van der Waals surface area contributed by atoms with E-state index < -0.39 is 0 Å². The summed E-state index contributed by atoms with van der Waals surface area (Å²) in [5.74, 6) is 1.56. The van der Waals surface area contributed by atoms with Crippen molar-refractivity contribution in [1.29, 1.82) is 0 Å². The van der Waals surface area contributed by atoms with Gasteiger partial charge in [-0.15, -0.1) is 10.2 Å². The highest BCUT2D eigenvalue weighted by Crippen LogP contribution is 2.32. The maximum Gasteiger partial charge on any atom is 0.230 e. The van der Waals surface area contributed by atoms with Crippen LogP contribution in [0.5, 0.6) is 5.75 Å². The van der Waals surface area contributed by atoms with E-state index in [9.17, 15) is 4.79 Å². The Morgan fingerprint density at radius 2 is 1.89 bits per heavy atom. The Bertz CT molecular complexity index is 957. The number of ether oxygens (including phenoxy) is 1. The van der Waals surface area contributed by atoms with Crippen LogP contribution in [-0.2, 0) is 4.79 Å². The predicted octanol–water partition coefficient (Wildman–Crippen LogP) is 4.21. The first kappa shape index (κ1) is 20.2. The maximum atomic E-state index is 12.1. The Kier molecular flexibility index (Phi) is 6.59. The number of carbonyl (C=O) groups is 1. The lowest BCUT2D eigenvalue weighted by Gasteiger charge is -2.12. The molecule has 1 amide bonds. The van der Waals surface area contributed by atoms with Crippen LogP contribution < -0.4 is 10.1 Å². The van der Waals surface area contributed by atoms with Crippen molar-refractivity contribution >= 4 is 29.3 Å². The summed E-state index contributed by atoms with van der Waals surface area (Å²) < 4.78 is 7.14. The quantitative estimate of drug-likeness (QED) is 0.584. The Labute approximate surface area is 173 Å². The molecule has 8 heteroatoms. The third-order valence-corrected chi connectivity index (χ3v) is 5.12. The molecule has 1 N–H and O–H groups in total. The first-order valence-corrected chi connectivity index (χ1v) is 10.1. The zero-order valence-electron chi connectivity index (χ0n) is 15.8. The van der Waals surface area contributed by atoms with Crippen molar-refractivity contribution in [3.63, 3.8) is 0 Å². The third kappa shape index (κ3) is 4.66. The number of benzene rings is 2. The summed E-state index contributed by atoms with van der Waals surface area (Å²) in [6.07, 6.45) is 0. The Morgan fingerprint density at radius 3 is 2.54 bits per heavy atom. The highest BCUT2D eigenvalue weighted by atomic mass is 35.5. The molecular weight excluding hydrogens is 396 g/mol. The fourth-order valence-electron chi connectivity index (χ4n) is 2.64. The second kappa shape index (κ2) is 9.12. The van der Waals surface area contributed by atoms with Gasteiger partial charge in [-0.2, -0.15) is 0 Å². The highest BCUT2D eigenvalue weighted by molar-refractivity contribution is 7.99. The molecule has 1 heterocycles. The van der Waals surface area contributed by atoms with Crippen LogP contribution in [0.3, 0.4) is 0 Å². The van der Waals surface area contributed by atoms with Crippen LogP contribution in [0.4, 0.5) is 0 Å². The fourth-order valence-corrected chi connectivity index (χ4v) is 3.62. The topological polar surface area (TPSA) is 69.0 Å². The van der Waals surface area contributed by atoms with Gasteiger partial charge in [0.2, 0.25) is 5.91 Å². The number of methoxy groups -OCH3 is 1. The molecule has 6 nitrogen and oxygen atoms in total. The van der Waals surface area contributed by atoms with E-state index >= 15 is 0 Å². The summed E-state index contributed by atoms with van der Waals surface area (Å²) >= 11 is 7.71. The van der Waals surface area contributed by atoms with Gasteiger partial charge < -0.3 is 10.1 Å². The van der Waals surface area contributed by atoms with Gasteiger partial charge in [-0.25, -0.2) is 0 Å². The zero-order chi connectivity index (χ0) is 20.1. The van der Waals surface area contributed by atoms with Crippen LogP contribution in [-0.4, -0.2) is 39.6 Å². The molecule has 0 bridgehead atoms. The summed E-state index contributed by atoms with van der Waals surface area (Å²) in [4.78, 5) is 12.1. The van der Waals surface area contributed by atoms with Crippen LogP contribution in [0.25, 0.3) is 17.1 Å². The molecule has 0 unspecified atom stereocenters. The summed E-state index contributed by atoms with van der Waals surface area (Å²) in [6.45, 7) is 3.86. The van der Waals surface area contributed by atoms with Crippen LogP contribution in [0.1, 0.15) is 13.8 Å². The van der Waals surface area contributed by atoms with E-state index in [4.69, 9.17) is 16.3 Å². The van der Waals surface area contributed by atoms with Crippen LogP contribution in [0.15, 0.2) is 53.7 Å². The van der Waals surface area contributed by atoms with E-state index in [2.05, 4.69) is 15.5 Å². The number of hydrogen-bond donors (Lipinski definition) is 1. The van der Waals surface area contributed by atoms with Gasteiger partial charge in [-0.05, 0) is 50.2 Å². The zero-order valence-corrected chi connectivity index (χ0v) is 17.4. The molecular formula is C20H21ClN4O2S. The summed E-state index contributed by atoms with van der Waals surface area (Å²) in [7, 11) is 1.62. The molecule has 2 aromatic carbocycles. The van der Waals surface area contributed by atoms with E-state index in [1.807, 2.05) is 66.9 Å².